The largest absolute Gasteiger partial charge is 0.444 e. The lowest BCUT2D eigenvalue weighted by Gasteiger charge is -2.33. The summed E-state index contributed by atoms with van der Waals surface area (Å²) in [4.78, 5) is 32.3. The second-order valence-corrected chi connectivity index (χ2v) is 12.0. The molecular weight excluding hydrogens is 544 g/mol. The number of alkyl carbamates (subject to hydrolysis) is 1. The number of ketones is 1. The molecule has 0 aromatic heterocycles. The minimum absolute atomic E-state index is 0.00249. The number of fused-ring (bicyclic) bond motifs is 1. The van der Waals surface area contributed by atoms with Crippen LogP contribution in [0, 0.1) is 5.92 Å². The molecule has 1 saturated heterocycles. The molecule has 8 heteroatoms. The van der Waals surface area contributed by atoms with Crippen LogP contribution in [-0.4, -0.2) is 71.4 Å². The number of rotatable bonds is 10. The molecule has 1 aliphatic carbocycles. The molecule has 8 nitrogen and oxygen atoms in total. The van der Waals surface area contributed by atoms with Crippen molar-refractivity contribution in [1.82, 2.24) is 5.32 Å². The van der Waals surface area contributed by atoms with Crippen LogP contribution in [0.15, 0.2) is 89.9 Å². The molecule has 2 heterocycles. The van der Waals surface area contributed by atoms with E-state index in [1.165, 1.54) is 0 Å². The Hall–Kier alpha value is -3.85. The van der Waals surface area contributed by atoms with Crippen LogP contribution in [-0.2, 0) is 33.5 Å². The van der Waals surface area contributed by atoms with Crippen molar-refractivity contribution in [2.75, 3.05) is 13.2 Å². The van der Waals surface area contributed by atoms with E-state index < -0.39 is 41.7 Å². The summed E-state index contributed by atoms with van der Waals surface area (Å²) in [5.41, 5.74) is 2.60. The molecule has 3 aromatic carbocycles. The number of aliphatic hydroxyl groups is 2. The van der Waals surface area contributed by atoms with E-state index in [1.54, 1.807) is 6.21 Å². The maximum Gasteiger partial charge on any atom is 0.407 e. The van der Waals surface area contributed by atoms with Gasteiger partial charge in [-0.1, -0.05) is 84.9 Å². The van der Waals surface area contributed by atoms with Gasteiger partial charge in [0.05, 0.1) is 37.4 Å². The highest BCUT2D eigenvalue weighted by molar-refractivity contribution is 6.07. The molecule has 2 aliphatic heterocycles. The highest BCUT2D eigenvalue weighted by Crippen LogP contribution is 2.44. The maximum absolute atomic E-state index is 14.5. The van der Waals surface area contributed by atoms with Gasteiger partial charge in [0.1, 0.15) is 11.6 Å². The lowest BCUT2D eigenvalue weighted by Crippen LogP contribution is -2.51. The molecule has 2 unspecified atom stereocenters. The Labute approximate surface area is 251 Å². The van der Waals surface area contributed by atoms with Crippen molar-refractivity contribution in [3.05, 3.63) is 107 Å². The number of benzene rings is 3. The van der Waals surface area contributed by atoms with Crippen LogP contribution in [0.1, 0.15) is 41.0 Å². The summed E-state index contributed by atoms with van der Waals surface area (Å²) in [5, 5.41) is 25.7. The number of hydrogen-bond acceptors (Lipinski definition) is 7. The van der Waals surface area contributed by atoms with Crippen LogP contribution in [0.2, 0.25) is 0 Å². The number of carbonyl (C=O) groups excluding carboxylic acids is 2. The Morgan fingerprint density at radius 1 is 1.02 bits per heavy atom. The Morgan fingerprint density at radius 2 is 1.72 bits per heavy atom. The fourth-order valence-corrected chi connectivity index (χ4v) is 6.83. The van der Waals surface area contributed by atoms with Gasteiger partial charge < -0.3 is 25.0 Å². The molecule has 0 saturated carbocycles. The number of Topliss-reactive ketones (excluding diaryl/α,β-unsaturated/α-hetero) is 1. The molecule has 0 radical (unpaired) electrons. The number of hydrogen-bond donors (Lipinski definition) is 3. The molecule has 224 valence electrons. The van der Waals surface area contributed by atoms with Crippen molar-refractivity contribution in [2.45, 2.75) is 67.9 Å². The van der Waals surface area contributed by atoms with Gasteiger partial charge in [-0.25, -0.2) is 4.79 Å². The van der Waals surface area contributed by atoms with Crippen molar-refractivity contribution >= 4 is 18.1 Å². The van der Waals surface area contributed by atoms with Crippen molar-refractivity contribution in [1.29, 1.82) is 0 Å². The minimum Gasteiger partial charge on any atom is -0.444 e. The first kappa shape index (κ1) is 29.2. The molecule has 6 rings (SSSR count). The molecule has 1 amide bonds. The standard InChI is InChI=1S/C35H38N2O6/c38-30-18-25-13-7-8-14-27(25)32(30)28-21-36-35(33(28)40,19-24-11-5-2-6-12-24)20-31(39)29(17-23-9-3-1-4-10-23)37-34(41)43-26-15-16-42-22-26/h1-14,21,26,28-32,38-39H,15-20,22H2,(H,37,41)/t26-,28?,29-,30+,31-,32?,35-/m0/s1. The fraction of sp³-hybridized carbons (Fsp3) is 0.400. The van der Waals surface area contributed by atoms with Gasteiger partial charge in [-0.15, -0.1) is 0 Å². The zero-order chi connectivity index (χ0) is 29.8. The van der Waals surface area contributed by atoms with Crippen LogP contribution < -0.4 is 5.32 Å². The first-order valence-electron chi connectivity index (χ1n) is 15.1. The number of ether oxygens (including phenoxy) is 2. The predicted octanol–water partition coefficient (Wildman–Crippen LogP) is 3.82. The average molecular weight is 583 g/mol. The summed E-state index contributed by atoms with van der Waals surface area (Å²) in [6, 6.07) is 26.4. The normalized spacial score (nSPS) is 27.5. The Kier molecular flexibility index (Phi) is 8.70. The van der Waals surface area contributed by atoms with Crippen LogP contribution in [0.4, 0.5) is 4.79 Å². The zero-order valence-electron chi connectivity index (χ0n) is 24.0. The van der Waals surface area contributed by atoms with Gasteiger partial charge >= 0.3 is 6.09 Å². The number of nitrogens with one attached hydrogen (secondary N) is 1. The van der Waals surface area contributed by atoms with Crippen molar-refractivity contribution < 1.29 is 29.3 Å². The second kappa shape index (κ2) is 12.8. The van der Waals surface area contributed by atoms with Crippen LogP contribution >= 0.6 is 0 Å². The molecule has 3 aromatic rings. The topological polar surface area (TPSA) is 117 Å². The number of aliphatic imine (C=N–C) groups is 1. The second-order valence-electron chi connectivity index (χ2n) is 12.0. The average Bonchev–Trinajstić information content (AvgIpc) is 3.72. The lowest BCUT2D eigenvalue weighted by atomic mass is 9.74. The number of aliphatic hydroxyl groups excluding tert-OH is 2. The first-order valence-corrected chi connectivity index (χ1v) is 15.1. The Bertz CT molecular complexity index is 1440. The van der Waals surface area contributed by atoms with E-state index in [0.717, 1.165) is 22.3 Å². The van der Waals surface area contributed by atoms with Gasteiger partial charge in [-0.3, -0.25) is 9.79 Å². The zero-order valence-corrected chi connectivity index (χ0v) is 24.0. The summed E-state index contributed by atoms with van der Waals surface area (Å²) in [5.74, 6) is -1.15. The van der Waals surface area contributed by atoms with Crippen LogP contribution in [0.5, 0.6) is 0 Å². The van der Waals surface area contributed by atoms with Gasteiger partial charge in [0.15, 0.2) is 5.78 Å². The quantitative estimate of drug-likeness (QED) is 0.335. The Balaban J connectivity index is 1.27. The van der Waals surface area contributed by atoms with E-state index in [2.05, 4.69) is 5.32 Å². The number of amides is 1. The lowest BCUT2D eigenvalue weighted by molar-refractivity contribution is -0.127. The summed E-state index contributed by atoms with van der Waals surface area (Å²) < 4.78 is 10.9. The smallest absolute Gasteiger partial charge is 0.407 e. The molecule has 3 N–H and O–H groups in total. The molecule has 3 aliphatic rings. The van der Waals surface area contributed by atoms with Crippen LogP contribution in [0.25, 0.3) is 0 Å². The van der Waals surface area contributed by atoms with Crippen molar-refractivity contribution in [3.8, 4) is 0 Å². The molecule has 43 heavy (non-hydrogen) atoms. The van der Waals surface area contributed by atoms with E-state index in [9.17, 15) is 19.8 Å². The van der Waals surface area contributed by atoms with Gasteiger partial charge in [-0.05, 0) is 35.1 Å². The molecule has 0 spiro atoms. The molecule has 7 atom stereocenters. The third kappa shape index (κ3) is 6.42. The summed E-state index contributed by atoms with van der Waals surface area (Å²) >= 11 is 0. The maximum atomic E-state index is 14.5. The monoisotopic (exact) mass is 582 g/mol. The van der Waals surface area contributed by atoms with E-state index in [1.807, 2.05) is 84.9 Å². The SMILES string of the molecule is O=C(N[C@@H](Cc1ccccc1)[C@@H](O)C[C@]1(Cc2ccccc2)N=CC(C2c3ccccc3C[C@H]2O)C1=O)O[C@H]1CCOC1. The Morgan fingerprint density at radius 3 is 2.44 bits per heavy atom. The van der Waals surface area contributed by atoms with Gasteiger partial charge in [-0.2, -0.15) is 0 Å². The van der Waals surface area contributed by atoms with E-state index in [4.69, 9.17) is 14.5 Å². The summed E-state index contributed by atoms with van der Waals surface area (Å²) in [6.45, 7) is 0.887. The van der Waals surface area contributed by atoms with Gasteiger partial charge in [0.2, 0.25) is 0 Å². The first-order chi connectivity index (χ1) is 20.9. The number of nitrogens with zero attached hydrogens (tertiary/aromatic N) is 1. The van der Waals surface area contributed by atoms with Crippen molar-refractivity contribution in [2.24, 2.45) is 10.9 Å². The molecule has 0 bridgehead atoms. The van der Waals surface area contributed by atoms with E-state index >= 15 is 0 Å². The van der Waals surface area contributed by atoms with Gasteiger partial charge in [0, 0.05) is 31.4 Å². The fourth-order valence-electron chi connectivity index (χ4n) is 6.83. The third-order valence-corrected chi connectivity index (χ3v) is 9.00. The molecule has 1 fully saturated rings. The van der Waals surface area contributed by atoms with E-state index in [0.29, 0.717) is 38.9 Å². The highest BCUT2D eigenvalue weighted by Gasteiger charge is 2.52. The predicted molar refractivity (Wildman–Crippen MR) is 162 cm³/mol. The summed E-state index contributed by atoms with van der Waals surface area (Å²) in [6.07, 6.45) is 0.668. The van der Waals surface area contributed by atoms with Gasteiger partial charge in [0.25, 0.3) is 0 Å². The van der Waals surface area contributed by atoms with Crippen LogP contribution in [0.3, 0.4) is 0 Å². The third-order valence-electron chi connectivity index (χ3n) is 9.00. The number of carbonyl (C=O) groups is 2. The van der Waals surface area contributed by atoms with Crippen molar-refractivity contribution in [3.63, 3.8) is 0 Å². The summed E-state index contributed by atoms with van der Waals surface area (Å²) in [7, 11) is 0. The minimum atomic E-state index is -1.26. The van der Waals surface area contributed by atoms with E-state index in [-0.39, 0.29) is 18.3 Å². The highest BCUT2D eigenvalue weighted by atomic mass is 16.6. The molecular formula is C35H38N2O6.